The van der Waals surface area contributed by atoms with Gasteiger partial charge in [0.2, 0.25) is 5.91 Å². The molecular weight excluding hydrogens is 264 g/mol. The summed E-state index contributed by atoms with van der Waals surface area (Å²) in [5.41, 5.74) is 1.73. The number of anilines is 2. The predicted octanol–water partition coefficient (Wildman–Crippen LogP) is 3.53. The zero-order chi connectivity index (χ0) is 14.9. The van der Waals surface area contributed by atoms with E-state index < -0.39 is 0 Å². The summed E-state index contributed by atoms with van der Waals surface area (Å²) >= 11 is 0. The molecule has 4 nitrogen and oxygen atoms in total. The van der Waals surface area contributed by atoms with Gasteiger partial charge < -0.3 is 15.4 Å². The molecule has 21 heavy (non-hydrogen) atoms. The van der Waals surface area contributed by atoms with Crippen LogP contribution in [-0.4, -0.2) is 19.1 Å². The van der Waals surface area contributed by atoms with Crippen LogP contribution in [0.5, 0.6) is 5.75 Å². The lowest BCUT2D eigenvalue weighted by Gasteiger charge is -2.11. The molecule has 4 heteroatoms. The smallest absolute Gasteiger partial charge is 0.226 e. The summed E-state index contributed by atoms with van der Waals surface area (Å²) in [6.45, 7) is 3.08. The number of amides is 1. The number of rotatable bonds is 7. The SMILES string of the molecule is CCOc1ccccc1NC(=O)CCNc1ccccc1. The Morgan fingerprint density at radius 1 is 1.05 bits per heavy atom. The Kier molecular flexibility index (Phi) is 5.64. The zero-order valence-corrected chi connectivity index (χ0v) is 12.1. The highest BCUT2D eigenvalue weighted by Crippen LogP contribution is 2.23. The van der Waals surface area contributed by atoms with E-state index in [1.165, 1.54) is 0 Å². The monoisotopic (exact) mass is 284 g/mol. The summed E-state index contributed by atoms with van der Waals surface area (Å²) in [6, 6.07) is 17.3. The standard InChI is InChI=1S/C17H20N2O2/c1-2-21-16-11-7-6-10-15(16)19-17(20)12-13-18-14-8-4-3-5-9-14/h3-11,18H,2,12-13H2,1H3,(H,19,20). The van der Waals surface area contributed by atoms with Crippen LogP contribution in [0.2, 0.25) is 0 Å². The number of carbonyl (C=O) groups excluding carboxylic acids is 1. The lowest BCUT2D eigenvalue weighted by Crippen LogP contribution is -2.16. The van der Waals surface area contributed by atoms with Crippen LogP contribution < -0.4 is 15.4 Å². The van der Waals surface area contributed by atoms with E-state index in [1.807, 2.05) is 61.5 Å². The predicted molar refractivity (Wildman–Crippen MR) is 85.8 cm³/mol. The number of para-hydroxylation sites is 3. The van der Waals surface area contributed by atoms with Crippen molar-refractivity contribution in [1.82, 2.24) is 0 Å². The number of hydrogen-bond donors (Lipinski definition) is 2. The Morgan fingerprint density at radius 2 is 1.76 bits per heavy atom. The molecule has 0 aliphatic rings. The lowest BCUT2D eigenvalue weighted by atomic mass is 10.2. The van der Waals surface area contributed by atoms with Crippen molar-refractivity contribution >= 4 is 17.3 Å². The van der Waals surface area contributed by atoms with E-state index in [4.69, 9.17) is 4.74 Å². The van der Waals surface area contributed by atoms with E-state index in [9.17, 15) is 4.79 Å². The van der Waals surface area contributed by atoms with Gasteiger partial charge in [0.1, 0.15) is 5.75 Å². The minimum atomic E-state index is -0.0365. The van der Waals surface area contributed by atoms with Crippen molar-refractivity contribution in [2.24, 2.45) is 0 Å². The van der Waals surface area contributed by atoms with Gasteiger partial charge in [-0.1, -0.05) is 30.3 Å². The first kappa shape index (κ1) is 14.9. The maximum atomic E-state index is 12.0. The molecule has 0 saturated carbocycles. The molecule has 2 rings (SSSR count). The number of ether oxygens (including phenoxy) is 1. The molecule has 0 aliphatic carbocycles. The van der Waals surface area contributed by atoms with E-state index in [0.717, 1.165) is 5.69 Å². The highest BCUT2D eigenvalue weighted by molar-refractivity contribution is 5.92. The van der Waals surface area contributed by atoms with Crippen LogP contribution in [0.15, 0.2) is 54.6 Å². The van der Waals surface area contributed by atoms with Crippen LogP contribution in [0.25, 0.3) is 0 Å². The first-order valence-corrected chi connectivity index (χ1v) is 7.10. The zero-order valence-electron chi connectivity index (χ0n) is 12.1. The minimum absolute atomic E-state index is 0.0365. The third-order valence-corrected chi connectivity index (χ3v) is 2.92. The third-order valence-electron chi connectivity index (χ3n) is 2.92. The molecule has 0 unspecified atom stereocenters. The van der Waals surface area contributed by atoms with Gasteiger partial charge in [-0.15, -0.1) is 0 Å². The van der Waals surface area contributed by atoms with Crippen LogP contribution in [0.4, 0.5) is 11.4 Å². The fourth-order valence-corrected chi connectivity index (χ4v) is 1.94. The molecule has 0 aliphatic heterocycles. The molecule has 110 valence electrons. The normalized spacial score (nSPS) is 9.95. The summed E-state index contributed by atoms with van der Waals surface area (Å²) in [7, 11) is 0. The Bertz CT molecular complexity index is 570. The van der Waals surface area contributed by atoms with Gasteiger partial charge in [-0.05, 0) is 31.2 Å². The van der Waals surface area contributed by atoms with Gasteiger partial charge in [0.25, 0.3) is 0 Å². The summed E-state index contributed by atoms with van der Waals surface area (Å²) in [4.78, 5) is 12.0. The van der Waals surface area contributed by atoms with Crippen molar-refractivity contribution in [2.45, 2.75) is 13.3 Å². The van der Waals surface area contributed by atoms with Crippen LogP contribution in [-0.2, 0) is 4.79 Å². The van der Waals surface area contributed by atoms with E-state index in [-0.39, 0.29) is 5.91 Å². The van der Waals surface area contributed by atoms with Crippen LogP contribution in [0.1, 0.15) is 13.3 Å². The van der Waals surface area contributed by atoms with Gasteiger partial charge in [0.15, 0.2) is 0 Å². The van der Waals surface area contributed by atoms with Crippen LogP contribution in [0.3, 0.4) is 0 Å². The summed E-state index contributed by atoms with van der Waals surface area (Å²) < 4.78 is 5.48. The van der Waals surface area contributed by atoms with Gasteiger partial charge in [0, 0.05) is 18.7 Å². The molecule has 0 heterocycles. The topological polar surface area (TPSA) is 50.4 Å². The first-order valence-electron chi connectivity index (χ1n) is 7.10. The van der Waals surface area contributed by atoms with E-state index in [0.29, 0.717) is 31.0 Å². The maximum Gasteiger partial charge on any atom is 0.226 e. The quantitative estimate of drug-likeness (QED) is 0.818. The Hall–Kier alpha value is -2.49. The molecule has 2 N–H and O–H groups in total. The largest absolute Gasteiger partial charge is 0.492 e. The van der Waals surface area contributed by atoms with Gasteiger partial charge in [-0.25, -0.2) is 0 Å². The first-order chi connectivity index (χ1) is 10.3. The summed E-state index contributed by atoms with van der Waals surface area (Å²) in [5, 5.41) is 6.09. The fourth-order valence-electron chi connectivity index (χ4n) is 1.94. The highest BCUT2D eigenvalue weighted by Gasteiger charge is 2.06. The van der Waals surface area contributed by atoms with Gasteiger partial charge in [-0.3, -0.25) is 4.79 Å². The highest BCUT2D eigenvalue weighted by atomic mass is 16.5. The number of hydrogen-bond acceptors (Lipinski definition) is 3. The van der Waals surface area contributed by atoms with Crippen molar-refractivity contribution in [1.29, 1.82) is 0 Å². The molecule has 0 fully saturated rings. The lowest BCUT2D eigenvalue weighted by molar-refractivity contribution is -0.116. The second-order valence-electron chi connectivity index (χ2n) is 4.52. The molecule has 2 aromatic rings. The van der Waals surface area contributed by atoms with Crippen molar-refractivity contribution in [3.8, 4) is 5.75 Å². The van der Waals surface area contributed by atoms with Crippen molar-refractivity contribution < 1.29 is 9.53 Å². The Morgan fingerprint density at radius 3 is 2.52 bits per heavy atom. The molecule has 0 saturated heterocycles. The van der Waals surface area contributed by atoms with Crippen LogP contribution >= 0.6 is 0 Å². The molecule has 1 amide bonds. The van der Waals surface area contributed by atoms with Gasteiger partial charge in [-0.2, -0.15) is 0 Å². The number of benzene rings is 2. The van der Waals surface area contributed by atoms with Crippen molar-refractivity contribution in [3.63, 3.8) is 0 Å². The maximum absolute atomic E-state index is 12.0. The molecule has 0 atom stereocenters. The fraction of sp³-hybridized carbons (Fsp3) is 0.235. The van der Waals surface area contributed by atoms with Crippen molar-refractivity contribution in [3.05, 3.63) is 54.6 Å². The van der Waals surface area contributed by atoms with E-state index in [1.54, 1.807) is 0 Å². The minimum Gasteiger partial charge on any atom is -0.492 e. The molecular formula is C17H20N2O2. The third kappa shape index (κ3) is 4.84. The summed E-state index contributed by atoms with van der Waals surface area (Å²) in [5.74, 6) is 0.662. The van der Waals surface area contributed by atoms with Gasteiger partial charge in [0.05, 0.1) is 12.3 Å². The second-order valence-corrected chi connectivity index (χ2v) is 4.52. The summed E-state index contributed by atoms with van der Waals surface area (Å²) in [6.07, 6.45) is 0.398. The Balaban J connectivity index is 1.82. The second kappa shape index (κ2) is 7.94. The number of nitrogens with one attached hydrogen (secondary N) is 2. The number of carbonyl (C=O) groups is 1. The molecule has 0 radical (unpaired) electrons. The Labute approximate surface area is 125 Å². The molecule has 2 aromatic carbocycles. The molecule has 0 spiro atoms. The average Bonchev–Trinajstić information content (AvgIpc) is 2.50. The van der Waals surface area contributed by atoms with Crippen molar-refractivity contribution in [2.75, 3.05) is 23.8 Å². The average molecular weight is 284 g/mol. The van der Waals surface area contributed by atoms with Crippen LogP contribution in [0, 0.1) is 0 Å². The molecule has 0 bridgehead atoms. The van der Waals surface area contributed by atoms with Gasteiger partial charge >= 0.3 is 0 Å². The van der Waals surface area contributed by atoms with E-state index in [2.05, 4.69) is 10.6 Å². The van der Waals surface area contributed by atoms with E-state index >= 15 is 0 Å². The molecule has 0 aromatic heterocycles.